The summed E-state index contributed by atoms with van der Waals surface area (Å²) in [6.07, 6.45) is 1.72. The summed E-state index contributed by atoms with van der Waals surface area (Å²) < 4.78 is 2.76. The summed E-state index contributed by atoms with van der Waals surface area (Å²) in [6.45, 7) is 2.16. The quantitative estimate of drug-likeness (QED) is 0.416. The number of para-hydroxylation sites is 2. The minimum atomic E-state index is -0.696. The summed E-state index contributed by atoms with van der Waals surface area (Å²) in [5.41, 5.74) is 0.776. The lowest BCUT2D eigenvalue weighted by molar-refractivity contribution is -0.122. The Morgan fingerprint density at radius 1 is 0.906 bits per heavy atom. The minimum absolute atomic E-state index is 0.104. The van der Waals surface area contributed by atoms with E-state index in [0.29, 0.717) is 17.6 Å². The highest BCUT2D eigenvalue weighted by molar-refractivity contribution is 7.10. The van der Waals surface area contributed by atoms with E-state index in [-0.39, 0.29) is 18.5 Å². The standard InChI is InChI=1S/C25H25N3O3S/c1-2-9-19(22-14-8-15-32-22)26-23(29)17-28-21-13-7-6-12-20(21)27(24(30)25(28)31)16-18-10-4-3-5-11-18/h3-8,10-15,19H,2,9,16-17H2,1H3,(H,26,29)/t19-/m0/s1. The lowest BCUT2D eigenvalue weighted by Crippen LogP contribution is -2.44. The van der Waals surface area contributed by atoms with Crippen molar-refractivity contribution in [1.82, 2.24) is 14.5 Å². The van der Waals surface area contributed by atoms with Gasteiger partial charge in [-0.1, -0.05) is 61.9 Å². The summed E-state index contributed by atoms with van der Waals surface area (Å²) in [5.74, 6) is -0.288. The topological polar surface area (TPSA) is 73.1 Å². The number of rotatable bonds is 8. The summed E-state index contributed by atoms with van der Waals surface area (Å²) >= 11 is 1.59. The van der Waals surface area contributed by atoms with Gasteiger partial charge in [-0.05, 0) is 35.6 Å². The number of amides is 1. The van der Waals surface area contributed by atoms with Crippen LogP contribution in [-0.4, -0.2) is 15.0 Å². The zero-order valence-corrected chi connectivity index (χ0v) is 18.7. The molecule has 0 bridgehead atoms. The first-order valence-corrected chi connectivity index (χ1v) is 11.6. The van der Waals surface area contributed by atoms with Crippen LogP contribution in [0, 0.1) is 0 Å². The fourth-order valence-electron chi connectivity index (χ4n) is 3.90. The van der Waals surface area contributed by atoms with Crippen molar-refractivity contribution >= 4 is 28.3 Å². The molecule has 0 saturated carbocycles. The Kier molecular flexibility index (Phi) is 6.66. The van der Waals surface area contributed by atoms with Crippen molar-refractivity contribution in [2.24, 2.45) is 0 Å². The largest absolute Gasteiger partial charge is 0.347 e. The number of fused-ring (bicyclic) bond motifs is 1. The summed E-state index contributed by atoms with van der Waals surface area (Å²) in [5, 5.41) is 5.02. The Morgan fingerprint density at radius 2 is 1.56 bits per heavy atom. The van der Waals surface area contributed by atoms with Gasteiger partial charge in [-0.3, -0.25) is 23.5 Å². The number of carbonyl (C=O) groups is 1. The number of thiophene rings is 1. The van der Waals surface area contributed by atoms with Gasteiger partial charge < -0.3 is 5.32 Å². The second kappa shape index (κ2) is 9.78. The van der Waals surface area contributed by atoms with Gasteiger partial charge in [-0.15, -0.1) is 11.3 Å². The van der Waals surface area contributed by atoms with Crippen LogP contribution in [0.2, 0.25) is 0 Å². The number of aromatic nitrogens is 2. The maximum atomic E-state index is 13.0. The van der Waals surface area contributed by atoms with Crippen LogP contribution in [0.4, 0.5) is 0 Å². The third-order valence-electron chi connectivity index (χ3n) is 5.42. The predicted molar refractivity (Wildman–Crippen MR) is 128 cm³/mol. The summed E-state index contributed by atoms with van der Waals surface area (Å²) in [4.78, 5) is 40.0. The third-order valence-corrected chi connectivity index (χ3v) is 6.41. The first-order chi connectivity index (χ1) is 15.6. The SMILES string of the molecule is CCC[C@H](NC(=O)Cn1c(=O)c(=O)n(Cc2ccccc2)c2ccccc21)c1cccs1. The molecule has 2 aromatic heterocycles. The molecule has 1 N–H and O–H groups in total. The van der Waals surface area contributed by atoms with Crippen molar-refractivity contribution in [3.8, 4) is 0 Å². The lowest BCUT2D eigenvalue weighted by Gasteiger charge is -2.19. The van der Waals surface area contributed by atoms with Crippen molar-refractivity contribution in [2.75, 3.05) is 0 Å². The Labute approximate surface area is 189 Å². The smallest absolute Gasteiger partial charge is 0.317 e. The molecule has 4 rings (SSSR count). The molecule has 0 aliphatic rings. The molecular weight excluding hydrogens is 422 g/mol. The maximum Gasteiger partial charge on any atom is 0.317 e. The van der Waals surface area contributed by atoms with Crippen molar-refractivity contribution in [3.05, 3.63) is 103 Å². The van der Waals surface area contributed by atoms with Gasteiger partial charge in [0.2, 0.25) is 5.91 Å². The van der Waals surface area contributed by atoms with Crippen LogP contribution in [0.3, 0.4) is 0 Å². The van der Waals surface area contributed by atoms with Gasteiger partial charge in [0.25, 0.3) is 0 Å². The van der Waals surface area contributed by atoms with E-state index >= 15 is 0 Å². The Bertz CT molecular complexity index is 1320. The van der Waals surface area contributed by atoms with E-state index in [1.807, 2.05) is 53.9 Å². The second-order valence-corrected chi connectivity index (χ2v) is 8.66. The van der Waals surface area contributed by atoms with Gasteiger partial charge in [0.05, 0.1) is 23.6 Å². The predicted octanol–water partition coefficient (Wildman–Crippen LogP) is 3.93. The highest BCUT2D eigenvalue weighted by Crippen LogP contribution is 2.23. The fraction of sp³-hybridized carbons (Fsp3) is 0.240. The first kappa shape index (κ1) is 21.8. The molecule has 0 aliphatic heterocycles. The van der Waals surface area contributed by atoms with Gasteiger partial charge in [0.15, 0.2) is 0 Å². The molecule has 0 radical (unpaired) electrons. The monoisotopic (exact) mass is 447 g/mol. The van der Waals surface area contributed by atoms with Crippen LogP contribution in [0.1, 0.15) is 36.2 Å². The van der Waals surface area contributed by atoms with Gasteiger partial charge in [-0.25, -0.2) is 0 Å². The molecule has 7 heteroatoms. The minimum Gasteiger partial charge on any atom is -0.347 e. The third kappa shape index (κ3) is 4.57. The zero-order valence-electron chi connectivity index (χ0n) is 17.9. The van der Waals surface area contributed by atoms with Crippen LogP contribution in [0.25, 0.3) is 11.0 Å². The molecule has 0 aliphatic carbocycles. The van der Waals surface area contributed by atoms with Gasteiger partial charge >= 0.3 is 11.1 Å². The molecule has 32 heavy (non-hydrogen) atoms. The lowest BCUT2D eigenvalue weighted by atomic mass is 10.1. The molecule has 0 spiro atoms. The summed E-state index contributed by atoms with van der Waals surface area (Å²) in [7, 11) is 0. The van der Waals surface area contributed by atoms with Crippen LogP contribution in [-0.2, 0) is 17.9 Å². The Balaban J connectivity index is 1.68. The molecule has 0 saturated heterocycles. The molecule has 4 aromatic rings. The van der Waals surface area contributed by atoms with E-state index in [9.17, 15) is 14.4 Å². The molecule has 0 fully saturated rings. The van der Waals surface area contributed by atoms with Crippen LogP contribution < -0.4 is 16.4 Å². The highest BCUT2D eigenvalue weighted by atomic mass is 32.1. The molecular formula is C25H25N3O3S. The average molecular weight is 448 g/mol. The van der Waals surface area contributed by atoms with Crippen molar-refractivity contribution < 1.29 is 4.79 Å². The van der Waals surface area contributed by atoms with Crippen molar-refractivity contribution in [1.29, 1.82) is 0 Å². The van der Waals surface area contributed by atoms with Gasteiger partial charge in [0, 0.05) is 4.88 Å². The molecule has 0 unspecified atom stereocenters. The molecule has 6 nitrogen and oxygen atoms in total. The second-order valence-electron chi connectivity index (χ2n) is 7.68. The van der Waals surface area contributed by atoms with E-state index in [0.717, 1.165) is 23.3 Å². The van der Waals surface area contributed by atoms with Crippen LogP contribution >= 0.6 is 11.3 Å². The molecule has 2 heterocycles. The van der Waals surface area contributed by atoms with E-state index in [4.69, 9.17) is 0 Å². The van der Waals surface area contributed by atoms with E-state index in [1.165, 1.54) is 9.13 Å². The van der Waals surface area contributed by atoms with E-state index in [1.54, 1.807) is 29.5 Å². The zero-order chi connectivity index (χ0) is 22.5. The average Bonchev–Trinajstić information content (AvgIpc) is 3.35. The number of carbonyl (C=O) groups excluding carboxylic acids is 1. The van der Waals surface area contributed by atoms with Crippen LogP contribution in [0.15, 0.2) is 81.7 Å². The van der Waals surface area contributed by atoms with Crippen LogP contribution in [0.5, 0.6) is 0 Å². The maximum absolute atomic E-state index is 13.0. The number of hydrogen-bond donors (Lipinski definition) is 1. The fourth-order valence-corrected chi connectivity index (χ4v) is 4.71. The number of nitrogens with zero attached hydrogens (tertiary/aromatic N) is 2. The van der Waals surface area contributed by atoms with Gasteiger partial charge in [0.1, 0.15) is 6.54 Å². The number of benzene rings is 2. The Hall–Kier alpha value is -3.45. The van der Waals surface area contributed by atoms with Crippen molar-refractivity contribution in [3.63, 3.8) is 0 Å². The molecule has 2 aromatic carbocycles. The highest BCUT2D eigenvalue weighted by Gasteiger charge is 2.18. The van der Waals surface area contributed by atoms with E-state index < -0.39 is 11.1 Å². The van der Waals surface area contributed by atoms with Crippen molar-refractivity contribution in [2.45, 2.75) is 38.9 Å². The number of nitrogens with one attached hydrogen (secondary N) is 1. The normalized spacial score (nSPS) is 12.0. The van der Waals surface area contributed by atoms with Gasteiger partial charge in [-0.2, -0.15) is 0 Å². The summed E-state index contributed by atoms with van der Waals surface area (Å²) in [6, 6.07) is 20.6. The molecule has 164 valence electrons. The molecule has 1 atom stereocenters. The number of hydrogen-bond acceptors (Lipinski definition) is 4. The Morgan fingerprint density at radius 3 is 2.22 bits per heavy atom. The molecule has 1 amide bonds. The first-order valence-electron chi connectivity index (χ1n) is 10.7. The van der Waals surface area contributed by atoms with E-state index in [2.05, 4.69) is 12.2 Å².